The van der Waals surface area contributed by atoms with Crippen LogP contribution in [0.2, 0.25) is 0 Å². The molecule has 0 aromatic heterocycles. The summed E-state index contributed by atoms with van der Waals surface area (Å²) in [6, 6.07) is 2.26. The number of phenols is 1. The lowest BCUT2D eigenvalue weighted by atomic mass is 9.54. The predicted molar refractivity (Wildman–Crippen MR) is 141 cm³/mol. The number of benzene rings is 1. The Morgan fingerprint density at radius 3 is 2.26 bits per heavy atom. The van der Waals surface area contributed by atoms with E-state index >= 15 is 0 Å². The fourth-order valence-electron chi connectivity index (χ4n) is 7.70. The number of hydrogen-bond donors (Lipinski definition) is 6. The second kappa shape index (κ2) is 8.90. The summed E-state index contributed by atoms with van der Waals surface area (Å²) in [5.41, 5.74) is 2.03. The number of nitrogens with zero attached hydrogens (tertiary/aromatic N) is 1. The van der Waals surface area contributed by atoms with Crippen molar-refractivity contribution in [2.24, 2.45) is 17.6 Å². The summed E-state index contributed by atoms with van der Waals surface area (Å²) in [5.74, 6) is -8.65. The van der Waals surface area contributed by atoms with Crippen molar-refractivity contribution in [3.63, 3.8) is 0 Å². The highest BCUT2D eigenvalue weighted by Crippen LogP contribution is 2.57. The third kappa shape index (κ3) is 3.47. The van der Waals surface area contributed by atoms with E-state index in [0.29, 0.717) is 11.1 Å². The average Bonchev–Trinajstić information content (AvgIpc) is 2.86. The fraction of sp³-hybridized carbons (Fsp3) is 0.552. The molecule has 2 saturated carbocycles. The summed E-state index contributed by atoms with van der Waals surface area (Å²) in [4.78, 5) is 40.9. The van der Waals surface area contributed by atoms with E-state index < -0.39 is 70.1 Å². The largest absolute Gasteiger partial charge is 0.508 e. The molecule has 0 bridgehead atoms. The molecule has 0 spiro atoms. The molecule has 0 aliphatic heterocycles. The number of nitrogens with two attached hydrogens (primary N) is 1. The molecule has 4 aliphatic carbocycles. The van der Waals surface area contributed by atoms with Crippen LogP contribution in [0.5, 0.6) is 5.75 Å². The van der Waals surface area contributed by atoms with Gasteiger partial charge in [0.2, 0.25) is 5.78 Å². The lowest BCUT2D eigenvalue weighted by molar-refractivity contribution is -0.169. The molecular weight excluding hydrogens is 504 g/mol. The molecule has 6 atom stereocenters. The summed E-state index contributed by atoms with van der Waals surface area (Å²) in [5, 5.41) is 57.5. The van der Waals surface area contributed by atoms with Gasteiger partial charge in [-0.05, 0) is 43.8 Å². The normalized spacial score (nSPS) is 34.1. The van der Waals surface area contributed by atoms with Gasteiger partial charge in [0.1, 0.15) is 22.8 Å². The van der Waals surface area contributed by atoms with Gasteiger partial charge in [0.05, 0.1) is 23.6 Å². The van der Waals surface area contributed by atoms with Gasteiger partial charge in [0, 0.05) is 17.1 Å². The van der Waals surface area contributed by atoms with E-state index in [1.165, 1.54) is 19.0 Å². The van der Waals surface area contributed by atoms with Crippen LogP contribution in [0.15, 0.2) is 29.0 Å². The average molecular weight is 541 g/mol. The number of amides is 1. The minimum absolute atomic E-state index is 0.0512. The molecule has 0 heterocycles. The van der Waals surface area contributed by atoms with Gasteiger partial charge in [-0.25, -0.2) is 0 Å². The van der Waals surface area contributed by atoms with Crippen molar-refractivity contribution in [2.45, 2.75) is 75.0 Å². The van der Waals surface area contributed by atoms with Crippen LogP contribution in [0.3, 0.4) is 0 Å². The minimum Gasteiger partial charge on any atom is -0.508 e. The maximum Gasteiger partial charge on any atom is 0.255 e. The quantitative estimate of drug-likeness (QED) is 0.311. The van der Waals surface area contributed by atoms with Crippen molar-refractivity contribution in [1.29, 1.82) is 0 Å². The summed E-state index contributed by atoms with van der Waals surface area (Å²) in [6.07, 6.45) is 3.19. The molecule has 0 saturated heterocycles. The Hall–Kier alpha value is -3.21. The first-order valence-electron chi connectivity index (χ1n) is 13.4. The van der Waals surface area contributed by atoms with E-state index in [1.807, 2.05) is 6.07 Å². The number of aliphatic hydroxyl groups excluding tert-OH is 3. The number of aromatic hydroxyl groups is 1. The van der Waals surface area contributed by atoms with Gasteiger partial charge in [-0.15, -0.1) is 0 Å². The molecule has 4 aliphatic rings. The molecule has 7 N–H and O–H groups in total. The number of fused-ring (bicyclic) bond motifs is 3. The van der Waals surface area contributed by atoms with E-state index in [-0.39, 0.29) is 22.3 Å². The van der Waals surface area contributed by atoms with E-state index in [2.05, 4.69) is 6.92 Å². The molecule has 10 heteroatoms. The number of carbonyl (C=O) groups excluding carboxylic acids is 3. The molecule has 2 fully saturated rings. The van der Waals surface area contributed by atoms with Crippen LogP contribution in [0.4, 0.5) is 0 Å². The Bertz CT molecular complexity index is 1350. The minimum atomic E-state index is -2.91. The molecule has 1 aromatic carbocycles. The Labute approximate surface area is 226 Å². The highest BCUT2D eigenvalue weighted by atomic mass is 16.4. The van der Waals surface area contributed by atoms with Gasteiger partial charge >= 0.3 is 0 Å². The number of ketones is 2. The number of primary amides is 1. The number of phenolic OH excluding ortho intramolecular Hbond substituents is 1. The summed E-state index contributed by atoms with van der Waals surface area (Å²) < 4.78 is 0. The fourth-order valence-corrected chi connectivity index (χ4v) is 7.70. The lowest BCUT2D eigenvalue weighted by Gasteiger charge is -2.53. The van der Waals surface area contributed by atoms with Crippen LogP contribution < -0.4 is 5.73 Å². The third-order valence-electron chi connectivity index (χ3n) is 9.74. The van der Waals surface area contributed by atoms with E-state index in [0.717, 1.165) is 32.1 Å². The molecule has 39 heavy (non-hydrogen) atoms. The zero-order valence-corrected chi connectivity index (χ0v) is 22.6. The molecule has 10 nitrogen and oxygen atoms in total. The van der Waals surface area contributed by atoms with E-state index in [9.17, 15) is 39.9 Å². The lowest BCUT2D eigenvalue weighted by Crippen LogP contribution is -2.70. The van der Waals surface area contributed by atoms with Gasteiger partial charge in [-0.3, -0.25) is 19.3 Å². The number of likely N-dealkylation sites (N-methyl/N-ethyl adjacent to an activating group) is 1. The molecule has 1 amide bonds. The van der Waals surface area contributed by atoms with Crippen molar-refractivity contribution >= 4 is 23.2 Å². The van der Waals surface area contributed by atoms with Gasteiger partial charge in [-0.2, -0.15) is 0 Å². The van der Waals surface area contributed by atoms with Crippen LogP contribution in [-0.2, 0) is 19.8 Å². The second-order valence-electron chi connectivity index (χ2n) is 12.1. The Kier molecular flexibility index (Phi) is 6.25. The number of rotatable bonds is 3. The van der Waals surface area contributed by atoms with Crippen molar-refractivity contribution in [2.75, 3.05) is 14.1 Å². The highest BCUT2D eigenvalue weighted by molar-refractivity contribution is 6.24. The van der Waals surface area contributed by atoms with Crippen molar-refractivity contribution < 1.29 is 39.9 Å². The van der Waals surface area contributed by atoms with Crippen molar-refractivity contribution in [3.05, 3.63) is 45.7 Å². The van der Waals surface area contributed by atoms with Crippen LogP contribution >= 0.6 is 0 Å². The van der Waals surface area contributed by atoms with Crippen molar-refractivity contribution in [1.82, 2.24) is 4.90 Å². The topological polar surface area (TPSA) is 182 Å². The van der Waals surface area contributed by atoms with Crippen LogP contribution in [0.1, 0.15) is 68.6 Å². The number of aliphatic hydroxyl groups is 4. The molecule has 210 valence electrons. The highest BCUT2D eigenvalue weighted by Gasteiger charge is 2.68. The standard InChI is InChI=1S/C29H36N2O8/c1-12-13-8-9-14(28(2)10-6-5-7-11-28)21(32)16(13)22(33)17-15(12)23(34)19-20(31(3)4)24(35)18(27(30)38)26(37)29(19,39)25(17)36/h8-9,12,15,19-20,23,32-34,37,39H,5-7,10-11H2,1-4H3,(H2,30,38)/t12-,15-,19+,20-,23-,29+/m1/s1. The van der Waals surface area contributed by atoms with E-state index in [4.69, 9.17) is 5.73 Å². The molecule has 1 aromatic rings. The summed E-state index contributed by atoms with van der Waals surface area (Å²) in [6.45, 7) is 3.79. The molecule has 5 rings (SSSR count). The van der Waals surface area contributed by atoms with Crippen LogP contribution in [-0.4, -0.2) is 79.7 Å². The zero-order chi connectivity index (χ0) is 28.8. The maximum absolute atomic E-state index is 14.1. The van der Waals surface area contributed by atoms with Gasteiger partial charge < -0.3 is 31.3 Å². The van der Waals surface area contributed by atoms with Gasteiger partial charge in [-0.1, -0.05) is 45.2 Å². The molecular formula is C29H36N2O8. The monoisotopic (exact) mass is 540 g/mol. The first-order chi connectivity index (χ1) is 18.2. The molecule has 0 unspecified atom stereocenters. The smallest absolute Gasteiger partial charge is 0.255 e. The predicted octanol–water partition coefficient (Wildman–Crippen LogP) is 1.72. The summed E-state index contributed by atoms with van der Waals surface area (Å²) >= 11 is 0. The van der Waals surface area contributed by atoms with Gasteiger partial charge in [0.15, 0.2) is 11.4 Å². The second-order valence-corrected chi connectivity index (χ2v) is 12.1. The Morgan fingerprint density at radius 1 is 1.08 bits per heavy atom. The number of hydrogen-bond acceptors (Lipinski definition) is 9. The van der Waals surface area contributed by atoms with Crippen LogP contribution in [0.25, 0.3) is 5.76 Å². The van der Waals surface area contributed by atoms with E-state index in [1.54, 1.807) is 13.0 Å². The van der Waals surface area contributed by atoms with Crippen molar-refractivity contribution in [3.8, 4) is 5.75 Å². The van der Waals surface area contributed by atoms with Gasteiger partial charge in [0.25, 0.3) is 5.91 Å². The first kappa shape index (κ1) is 27.4. The Balaban J connectivity index is 1.76. The SMILES string of the molecule is C[C@@H]1c2ccc(C3(C)CCCCC3)c(O)c2C(O)=C2C(=O)[C@]3(O)C(O)=C(C(N)=O)C(=O)[C@H](N(C)C)[C@H]3[C@H](O)[C@@H]21. The number of Topliss-reactive ketones (excluding diaryl/α,β-unsaturated/α-hetero) is 2. The third-order valence-corrected chi connectivity index (χ3v) is 9.74. The number of carbonyl (C=O) groups is 3. The summed E-state index contributed by atoms with van der Waals surface area (Å²) in [7, 11) is 2.96. The maximum atomic E-state index is 14.1. The Morgan fingerprint density at radius 2 is 1.69 bits per heavy atom. The first-order valence-corrected chi connectivity index (χ1v) is 13.4. The molecule has 0 radical (unpaired) electrons. The zero-order valence-electron chi connectivity index (χ0n) is 22.6. The van der Waals surface area contributed by atoms with Crippen LogP contribution in [0, 0.1) is 11.8 Å².